The van der Waals surface area contributed by atoms with E-state index in [0.717, 1.165) is 35.1 Å². The third-order valence-electron chi connectivity index (χ3n) is 3.73. The number of nitrogens with zero attached hydrogens (tertiary/aromatic N) is 1. The third kappa shape index (κ3) is 1.84. The normalized spacial score (nSPS) is 15.2. The molecule has 1 aromatic heterocycles. The highest BCUT2D eigenvalue weighted by Gasteiger charge is 2.16. The van der Waals surface area contributed by atoms with Crippen LogP contribution in [0.2, 0.25) is 0 Å². The Morgan fingerprint density at radius 3 is 2.83 bits per heavy atom. The summed E-state index contributed by atoms with van der Waals surface area (Å²) in [5.41, 5.74) is 4.38. The Bertz CT molecular complexity index is 593. The van der Waals surface area contributed by atoms with Crippen LogP contribution in [-0.4, -0.2) is 12.0 Å². The highest BCUT2D eigenvalue weighted by Crippen LogP contribution is 2.32. The first-order valence-electron chi connectivity index (χ1n) is 6.58. The first-order chi connectivity index (χ1) is 8.79. The molecular weight excluding hydrogens is 227 g/mol. The summed E-state index contributed by atoms with van der Waals surface area (Å²) in [6.45, 7) is 0. The monoisotopic (exact) mass is 244 g/mol. The zero-order chi connectivity index (χ0) is 12.5. The van der Waals surface area contributed by atoms with Crippen LogP contribution >= 0.6 is 0 Å². The van der Waals surface area contributed by atoms with Crippen LogP contribution in [0.5, 0.6) is 0 Å². The molecule has 0 radical (unpaired) electrons. The summed E-state index contributed by atoms with van der Waals surface area (Å²) < 4.78 is 13.3. The zero-order valence-corrected chi connectivity index (χ0v) is 10.6. The molecular formula is C15H17FN2. The molecule has 0 saturated carbocycles. The predicted molar refractivity (Wildman–Crippen MR) is 72.5 cm³/mol. The number of pyridine rings is 1. The molecule has 0 atom stereocenters. The van der Waals surface area contributed by atoms with Gasteiger partial charge in [-0.25, -0.2) is 4.39 Å². The van der Waals surface area contributed by atoms with Crippen LogP contribution < -0.4 is 5.32 Å². The van der Waals surface area contributed by atoms with Crippen LogP contribution in [0.15, 0.2) is 18.2 Å². The minimum atomic E-state index is -0.217. The molecule has 2 aromatic rings. The van der Waals surface area contributed by atoms with Crippen LogP contribution in [0.1, 0.15) is 30.5 Å². The van der Waals surface area contributed by atoms with E-state index in [1.165, 1.54) is 37.0 Å². The van der Waals surface area contributed by atoms with Crippen molar-refractivity contribution in [1.82, 2.24) is 4.98 Å². The number of fused-ring (bicyclic) bond motifs is 2. The van der Waals surface area contributed by atoms with Crippen molar-refractivity contribution in [1.29, 1.82) is 0 Å². The number of hydrogen-bond donors (Lipinski definition) is 1. The smallest absolute Gasteiger partial charge is 0.125 e. The van der Waals surface area contributed by atoms with Crippen molar-refractivity contribution in [3.05, 3.63) is 35.3 Å². The Labute approximate surface area is 106 Å². The summed E-state index contributed by atoms with van der Waals surface area (Å²) in [4.78, 5) is 4.67. The van der Waals surface area contributed by atoms with Gasteiger partial charge in [-0.15, -0.1) is 0 Å². The van der Waals surface area contributed by atoms with Gasteiger partial charge in [0.2, 0.25) is 0 Å². The van der Waals surface area contributed by atoms with Gasteiger partial charge in [0.05, 0.1) is 5.52 Å². The standard InChI is InChI=1S/C15H17FN2/c1-17-15-11-5-3-2-4-6-13(11)18-14-9-10(16)7-8-12(14)15/h7-9H,2-6H2,1H3,(H,17,18). The van der Waals surface area contributed by atoms with E-state index in [1.807, 2.05) is 13.1 Å². The Morgan fingerprint density at radius 2 is 2.00 bits per heavy atom. The van der Waals surface area contributed by atoms with E-state index in [2.05, 4.69) is 10.3 Å². The maximum absolute atomic E-state index is 13.3. The van der Waals surface area contributed by atoms with Crippen LogP contribution in [-0.2, 0) is 12.8 Å². The number of rotatable bonds is 1. The van der Waals surface area contributed by atoms with Gasteiger partial charge in [0.1, 0.15) is 5.82 Å². The minimum absolute atomic E-state index is 0.217. The molecule has 0 bridgehead atoms. The molecule has 1 aromatic carbocycles. The summed E-state index contributed by atoms with van der Waals surface area (Å²) in [5.74, 6) is -0.217. The molecule has 3 heteroatoms. The molecule has 0 amide bonds. The fraction of sp³-hybridized carbons (Fsp3) is 0.400. The van der Waals surface area contributed by atoms with Gasteiger partial charge >= 0.3 is 0 Å². The van der Waals surface area contributed by atoms with E-state index in [1.54, 1.807) is 0 Å². The Balaban J connectivity index is 2.30. The molecule has 1 aliphatic carbocycles. The van der Waals surface area contributed by atoms with Crippen LogP contribution in [0.25, 0.3) is 10.9 Å². The number of hydrogen-bond acceptors (Lipinski definition) is 2. The van der Waals surface area contributed by atoms with Crippen molar-refractivity contribution in [2.45, 2.75) is 32.1 Å². The maximum atomic E-state index is 13.3. The Morgan fingerprint density at radius 1 is 1.17 bits per heavy atom. The highest BCUT2D eigenvalue weighted by atomic mass is 19.1. The second-order valence-corrected chi connectivity index (χ2v) is 4.88. The zero-order valence-electron chi connectivity index (χ0n) is 10.6. The number of anilines is 1. The molecule has 0 spiro atoms. The van der Waals surface area contributed by atoms with E-state index in [9.17, 15) is 4.39 Å². The molecule has 0 aliphatic heterocycles. The molecule has 0 fully saturated rings. The van der Waals surface area contributed by atoms with Gasteiger partial charge in [0.25, 0.3) is 0 Å². The quantitative estimate of drug-likeness (QED) is 0.774. The molecule has 1 heterocycles. The molecule has 18 heavy (non-hydrogen) atoms. The predicted octanol–water partition coefficient (Wildman–Crippen LogP) is 3.68. The largest absolute Gasteiger partial charge is 0.387 e. The molecule has 1 N–H and O–H groups in total. The molecule has 2 nitrogen and oxygen atoms in total. The summed E-state index contributed by atoms with van der Waals surface area (Å²) in [5, 5.41) is 4.31. The fourth-order valence-electron chi connectivity index (χ4n) is 2.86. The third-order valence-corrected chi connectivity index (χ3v) is 3.73. The number of aryl methyl sites for hydroxylation is 1. The second-order valence-electron chi connectivity index (χ2n) is 4.88. The lowest BCUT2D eigenvalue weighted by molar-refractivity contribution is 0.629. The first-order valence-corrected chi connectivity index (χ1v) is 6.58. The Hall–Kier alpha value is -1.64. The van der Waals surface area contributed by atoms with Crippen LogP contribution in [0, 0.1) is 5.82 Å². The molecule has 0 unspecified atom stereocenters. The van der Waals surface area contributed by atoms with Crippen molar-refractivity contribution < 1.29 is 4.39 Å². The van der Waals surface area contributed by atoms with Gasteiger partial charge in [-0.05, 0) is 43.4 Å². The van der Waals surface area contributed by atoms with Gasteiger partial charge in [-0.3, -0.25) is 4.98 Å². The van der Waals surface area contributed by atoms with Crippen LogP contribution in [0.3, 0.4) is 0 Å². The Kier molecular flexibility index (Phi) is 2.90. The topological polar surface area (TPSA) is 24.9 Å². The van der Waals surface area contributed by atoms with Gasteiger partial charge in [-0.2, -0.15) is 0 Å². The first kappa shape index (κ1) is 11.5. The van der Waals surface area contributed by atoms with Crippen LogP contribution in [0.4, 0.5) is 10.1 Å². The number of halogens is 1. The van der Waals surface area contributed by atoms with Gasteiger partial charge in [0.15, 0.2) is 0 Å². The lowest BCUT2D eigenvalue weighted by Crippen LogP contribution is -2.03. The molecule has 94 valence electrons. The maximum Gasteiger partial charge on any atom is 0.125 e. The average molecular weight is 244 g/mol. The lowest BCUT2D eigenvalue weighted by Gasteiger charge is -2.15. The lowest BCUT2D eigenvalue weighted by atomic mass is 10.0. The van der Waals surface area contributed by atoms with Gasteiger partial charge in [-0.1, -0.05) is 6.42 Å². The van der Waals surface area contributed by atoms with Gasteiger partial charge in [0, 0.05) is 29.9 Å². The van der Waals surface area contributed by atoms with Crippen molar-refractivity contribution in [2.24, 2.45) is 0 Å². The van der Waals surface area contributed by atoms with E-state index >= 15 is 0 Å². The fourth-order valence-corrected chi connectivity index (χ4v) is 2.86. The number of aromatic nitrogens is 1. The number of benzene rings is 1. The van der Waals surface area contributed by atoms with E-state index in [0.29, 0.717) is 0 Å². The SMILES string of the molecule is CNc1c2c(nc3cc(F)ccc13)CCCCC2. The summed E-state index contributed by atoms with van der Waals surface area (Å²) in [6, 6.07) is 4.87. The van der Waals surface area contributed by atoms with Crippen molar-refractivity contribution in [3.8, 4) is 0 Å². The van der Waals surface area contributed by atoms with Crippen molar-refractivity contribution in [2.75, 3.05) is 12.4 Å². The van der Waals surface area contributed by atoms with E-state index in [-0.39, 0.29) is 5.82 Å². The summed E-state index contributed by atoms with van der Waals surface area (Å²) in [7, 11) is 1.93. The summed E-state index contributed by atoms with van der Waals surface area (Å²) in [6.07, 6.45) is 5.74. The van der Waals surface area contributed by atoms with E-state index in [4.69, 9.17) is 0 Å². The van der Waals surface area contributed by atoms with Crippen molar-refractivity contribution >= 4 is 16.6 Å². The minimum Gasteiger partial charge on any atom is -0.387 e. The molecule has 1 aliphatic rings. The summed E-state index contributed by atoms with van der Waals surface area (Å²) >= 11 is 0. The van der Waals surface area contributed by atoms with Gasteiger partial charge < -0.3 is 5.32 Å². The second kappa shape index (κ2) is 4.56. The van der Waals surface area contributed by atoms with Crippen molar-refractivity contribution in [3.63, 3.8) is 0 Å². The molecule has 3 rings (SSSR count). The number of nitrogens with one attached hydrogen (secondary N) is 1. The van der Waals surface area contributed by atoms with E-state index < -0.39 is 0 Å². The highest BCUT2D eigenvalue weighted by molar-refractivity contribution is 5.93. The average Bonchev–Trinajstić information content (AvgIpc) is 2.60. The molecule has 0 saturated heterocycles.